The van der Waals surface area contributed by atoms with Gasteiger partial charge in [-0.25, -0.2) is 0 Å². The topological polar surface area (TPSA) is 56.3 Å². The lowest BCUT2D eigenvalue weighted by Gasteiger charge is -2.20. The minimum atomic E-state index is 0.300. The van der Waals surface area contributed by atoms with Crippen molar-refractivity contribution in [3.63, 3.8) is 0 Å². The molecule has 2 rings (SSSR count). The number of ether oxygens (including phenoxy) is 1. The zero-order chi connectivity index (χ0) is 14.9. The zero-order valence-corrected chi connectivity index (χ0v) is 12.7. The number of nitrogen functional groups attached to an aromatic ring is 1. The number of hydrogen-bond acceptors (Lipinski definition) is 4. The van der Waals surface area contributed by atoms with Crippen molar-refractivity contribution in [3.05, 3.63) is 30.0 Å². The fourth-order valence-electron chi connectivity index (χ4n) is 2.32. The molecule has 0 spiro atoms. The highest BCUT2D eigenvalue weighted by Crippen LogP contribution is 2.34. The lowest BCUT2D eigenvalue weighted by molar-refractivity contribution is 0.415. The summed E-state index contributed by atoms with van der Waals surface area (Å²) in [7, 11) is 5.55. The third-order valence-corrected chi connectivity index (χ3v) is 3.39. The fourth-order valence-corrected chi connectivity index (χ4v) is 2.32. The molecule has 0 aliphatic rings. The number of nitrogens with zero attached hydrogens (tertiary/aromatic N) is 3. The normalized spacial score (nSPS) is 10.9. The van der Waals surface area contributed by atoms with Gasteiger partial charge in [-0.15, -0.1) is 0 Å². The zero-order valence-electron chi connectivity index (χ0n) is 12.7. The molecule has 108 valence electrons. The van der Waals surface area contributed by atoms with E-state index in [1.54, 1.807) is 7.11 Å². The molecule has 5 nitrogen and oxygen atoms in total. The molecule has 2 N–H and O–H groups in total. The minimum absolute atomic E-state index is 0.300. The molecule has 1 aromatic heterocycles. The van der Waals surface area contributed by atoms with Crippen LogP contribution in [0.3, 0.4) is 0 Å². The Morgan fingerprint density at radius 3 is 2.60 bits per heavy atom. The van der Waals surface area contributed by atoms with Gasteiger partial charge in [-0.2, -0.15) is 5.10 Å². The van der Waals surface area contributed by atoms with Crippen molar-refractivity contribution in [2.45, 2.75) is 19.8 Å². The molecule has 1 heterocycles. The summed E-state index contributed by atoms with van der Waals surface area (Å²) in [6, 6.07) is 7.87. The number of rotatable bonds is 4. The highest BCUT2D eigenvalue weighted by molar-refractivity contribution is 5.74. The van der Waals surface area contributed by atoms with E-state index in [0.29, 0.717) is 5.92 Å². The van der Waals surface area contributed by atoms with Gasteiger partial charge in [-0.1, -0.05) is 19.9 Å². The van der Waals surface area contributed by atoms with Crippen LogP contribution < -0.4 is 15.4 Å². The molecule has 2 aromatic rings. The molecule has 0 bridgehead atoms. The Bertz CT molecular complexity index is 604. The van der Waals surface area contributed by atoms with E-state index >= 15 is 0 Å². The van der Waals surface area contributed by atoms with Crippen molar-refractivity contribution in [1.29, 1.82) is 0 Å². The van der Waals surface area contributed by atoms with Crippen LogP contribution >= 0.6 is 0 Å². The molecule has 0 unspecified atom stereocenters. The third kappa shape index (κ3) is 2.43. The summed E-state index contributed by atoms with van der Waals surface area (Å²) in [6.45, 7) is 4.18. The van der Waals surface area contributed by atoms with Gasteiger partial charge in [-0.05, 0) is 18.1 Å². The van der Waals surface area contributed by atoms with E-state index in [4.69, 9.17) is 10.5 Å². The standard InChI is InChI=1S/C15H22N4O/c1-10(2)14-13(16)15(19(4)17-14)18(3)11-7-6-8-12(9-11)20-5/h6-10H,16H2,1-5H3. The van der Waals surface area contributed by atoms with Gasteiger partial charge < -0.3 is 15.4 Å². The van der Waals surface area contributed by atoms with Crippen LogP contribution in [0.5, 0.6) is 5.75 Å². The second-order valence-electron chi connectivity index (χ2n) is 5.16. The molecule has 20 heavy (non-hydrogen) atoms. The largest absolute Gasteiger partial charge is 0.497 e. The first-order valence-corrected chi connectivity index (χ1v) is 6.65. The van der Waals surface area contributed by atoms with Gasteiger partial charge in [0.05, 0.1) is 18.5 Å². The molecule has 0 saturated heterocycles. The van der Waals surface area contributed by atoms with Crippen LogP contribution in [0.4, 0.5) is 17.2 Å². The molecule has 0 amide bonds. The Kier molecular flexibility index (Phi) is 3.88. The Balaban J connectivity index is 2.45. The number of hydrogen-bond donors (Lipinski definition) is 1. The molecule has 0 atom stereocenters. The maximum atomic E-state index is 6.26. The second kappa shape index (κ2) is 5.45. The Morgan fingerprint density at radius 1 is 1.35 bits per heavy atom. The van der Waals surface area contributed by atoms with E-state index in [0.717, 1.165) is 28.6 Å². The van der Waals surface area contributed by atoms with Crippen LogP contribution in [0.1, 0.15) is 25.5 Å². The van der Waals surface area contributed by atoms with Crippen molar-refractivity contribution in [3.8, 4) is 5.75 Å². The van der Waals surface area contributed by atoms with Crippen molar-refractivity contribution in [1.82, 2.24) is 9.78 Å². The lowest BCUT2D eigenvalue weighted by Crippen LogP contribution is -2.15. The van der Waals surface area contributed by atoms with Gasteiger partial charge in [0.1, 0.15) is 5.75 Å². The molecule has 0 fully saturated rings. The third-order valence-electron chi connectivity index (χ3n) is 3.39. The molecule has 0 radical (unpaired) electrons. The van der Waals surface area contributed by atoms with Crippen molar-refractivity contribution in [2.75, 3.05) is 24.8 Å². The van der Waals surface area contributed by atoms with Crippen molar-refractivity contribution in [2.24, 2.45) is 7.05 Å². The molecule has 0 aliphatic carbocycles. The van der Waals surface area contributed by atoms with Crippen LogP contribution in [0.15, 0.2) is 24.3 Å². The minimum Gasteiger partial charge on any atom is -0.497 e. The molecular weight excluding hydrogens is 252 g/mol. The summed E-state index contributed by atoms with van der Waals surface area (Å²) in [4.78, 5) is 2.02. The maximum absolute atomic E-state index is 6.26. The number of anilines is 3. The quantitative estimate of drug-likeness (QED) is 0.931. The Hall–Kier alpha value is -2.17. The van der Waals surface area contributed by atoms with Gasteiger partial charge in [-0.3, -0.25) is 4.68 Å². The first-order chi connectivity index (χ1) is 9.45. The number of nitrogens with two attached hydrogens (primary N) is 1. The average molecular weight is 274 g/mol. The van der Waals surface area contributed by atoms with E-state index in [1.807, 2.05) is 47.9 Å². The highest BCUT2D eigenvalue weighted by Gasteiger charge is 2.19. The lowest BCUT2D eigenvalue weighted by atomic mass is 10.1. The number of benzene rings is 1. The second-order valence-corrected chi connectivity index (χ2v) is 5.16. The van der Waals surface area contributed by atoms with Crippen LogP contribution in [-0.2, 0) is 7.05 Å². The SMILES string of the molecule is COc1cccc(N(C)c2c(N)c(C(C)C)nn2C)c1. The van der Waals surface area contributed by atoms with E-state index in [-0.39, 0.29) is 0 Å². The van der Waals surface area contributed by atoms with Gasteiger partial charge in [0.2, 0.25) is 0 Å². The van der Waals surface area contributed by atoms with Gasteiger partial charge in [0, 0.05) is 25.8 Å². The average Bonchev–Trinajstić information content (AvgIpc) is 2.73. The van der Waals surface area contributed by atoms with Crippen LogP contribution in [-0.4, -0.2) is 23.9 Å². The monoisotopic (exact) mass is 274 g/mol. The fraction of sp³-hybridized carbons (Fsp3) is 0.400. The summed E-state index contributed by atoms with van der Waals surface area (Å²) in [5, 5.41) is 4.52. The van der Waals surface area contributed by atoms with E-state index in [2.05, 4.69) is 18.9 Å². The van der Waals surface area contributed by atoms with Gasteiger partial charge >= 0.3 is 0 Å². The van der Waals surface area contributed by atoms with Crippen molar-refractivity contribution < 1.29 is 4.74 Å². The Labute approximate surface area is 119 Å². The first kappa shape index (κ1) is 14.2. The van der Waals surface area contributed by atoms with Crippen molar-refractivity contribution >= 4 is 17.2 Å². The smallest absolute Gasteiger partial charge is 0.154 e. The summed E-state index contributed by atoms with van der Waals surface area (Å²) >= 11 is 0. The number of methoxy groups -OCH3 is 1. The number of aromatic nitrogens is 2. The summed E-state index contributed by atoms with van der Waals surface area (Å²) in [5.74, 6) is 2.01. The summed E-state index contributed by atoms with van der Waals surface area (Å²) < 4.78 is 7.09. The van der Waals surface area contributed by atoms with Crippen LogP contribution in [0, 0.1) is 0 Å². The summed E-state index contributed by atoms with van der Waals surface area (Å²) in [5.41, 5.74) is 8.92. The Morgan fingerprint density at radius 2 is 2.05 bits per heavy atom. The van der Waals surface area contributed by atoms with E-state index < -0.39 is 0 Å². The van der Waals surface area contributed by atoms with E-state index in [9.17, 15) is 0 Å². The molecule has 5 heteroatoms. The van der Waals surface area contributed by atoms with Crippen LogP contribution in [0.2, 0.25) is 0 Å². The number of aryl methyl sites for hydroxylation is 1. The first-order valence-electron chi connectivity index (χ1n) is 6.65. The molecular formula is C15H22N4O. The van der Waals surface area contributed by atoms with Gasteiger partial charge in [0.15, 0.2) is 5.82 Å². The predicted molar refractivity (Wildman–Crippen MR) is 82.8 cm³/mol. The van der Waals surface area contributed by atoms with Gasteiger partial charge in [0.25, 0.3) is 0 Å². The molecule has 0 saturated carbocycles. The van der Waals surface area contributed by atoms with E-state index in [1.165, 1.54) is 0 Å². The maximum Gasteiger partial charge on any atom is 0.154 e. The van der Waals surface area contributed by atoms with Crippen LogP contribution in [0.25, 0.3) is 0 Å². The summed E-state index contributed by atoms with van der Waals surface area (Å²) in [6.07, 6.45) is 0. The predicted octanol–water partition coefficient (Wildman–Crippen LogP) is 2.90. The molecule has 0 aliphatic heterocycles. The highest BCUT2D eigenvalue weighted by atomic mass is 16.5. The molecule has 1 aromatic carbocycles.